The van der Waals surface area contributed by atoms with Crippen molar-refractivity contribution in [3.05, 3.63) is 52.7 Å². The number of nitrogens with two attached hydrogens (primary N) is 1. The molecule has 1 aromatic carbocycles. The molecule has 0 saturated carbocycles. The second kappa shape index (κ2) is 6.46. The highest BCUT2D eigenvalue weighted by atomic mass is 35.5. The molecule has 120 valence electrons. The molecule has 0 aliphatic carbocycles. The first-order valence-corrected chi connectivity index (χ1v) is 7.84. The predicted octanol–water partition coefficient (Wildman–Crippen LogP) is 3.18. The van der Waals surface area contributed by atoms with Crippen LogP contribution >= 0.6 is 11.6 Å². The van der Waals surface area contributed by atoms with Gasteiger partial charge in [0.2, 0.25) is 5.91 Å². The third-order valence-corrected chi connectivity index (χ3v) is 4.41. The van der Waals surface area contributed by atoms with Crippen LogP contribution in [0.2, 0.25) is 5.02 Å². The van der Waals surface area contributed by atoms with Gasteiger partial charge in [0.15, 0.2) is 0 Å². The van der Waals surface area contributed by atoms with E-state index in [9.17, 15) is 4.79 Å². The van der Waals surface area contributed by atoms with E-state index in [1.165, 1.54) is 6.20 Å². The second-order valence-electron chi connectivity index (χ2n) is 5.49. The zero-order valence-corrected chi connectivity index (χ0v) is 13.6. The summed E-state index contributed by atoms with van der Waals surface area (Å²) in [5.74, 6) is 0.994. The van der Waals surface area contributed by atoms with E-state index in [4.69, 9.17) is 22.1 Å². The van der Waals surface area contributed by atoms with E-state index >= 15 is 0 Å². The first kappa shape index (κ1) is 15.6. The molecule has 1 unspecified atom stereocenters. The summed E-state index contributed by atoms with van der Waals surface area (Å²) in [5, 5.41) is 0.433. The number of primary amides is 1. The molecule has 3 rings (SSSR count). The Labute approximate surface area is 140 Å². The maximum absolute atomic E-state index is 11.2. The molecule has 0 bridgehead atoms. The van der Waals surface area contributed by atoms with E-state index in [1.807, 2.05) is 18.2 Å². The van der Waals surface area contributed by atoms with E-state index in [2.05, 4.69) is 16.0 Å². The normalized spacial score (nSPS) is 17.3. The van der Waals surface area contributed by atoms with Crippen molar-refractivity contribution in [2.24, 2.45) is 5.73 Å². The van der Waals surface area contributed by atoms with Crippen molar-refractivity contribution >= 4 is 23.3 Å². The summed E-state index contributed by atoms with van der Waals surface area (Å²) in [4.78, 5) is 17.8. The van der Waals surface area contributed by atoms with Gasteiger partial charge in [-0.05, 0) is 25.0 Å². The van der Waals surface area contributed by atoms with Crippen molar-refractivity contribution in [3.63, 3.8) is 0 Å². The number of methoxy groups -OCH3 is 1. The summed E-state index contributed by atoms with van der Waals surface area (Å²) in [6.07, 6.45) is 3.51. The van der Waals surface area contributed by atoms with Crippen molar-refractivity contribution < 1.29 is 9.53 Å². The van der Waals surface area contributed by atoms with Crippen LogP contribution < -0.4 is 15.4 Å². The van der Waals surface area contributed by atoms with Gasteiger partial charge in [0.25, 0.3) is 0 Å². The average molecular weight is 332 g/mol. The molecule has 1 fully saturated rings. The number of carbonyl (C=O) groups is 1. The van der Waals surface area contributed by atoms with Crippen LogP contribution in [0.25, 0.3) is 0 Å². The number of amides is 1. The Kier molecular flexibility index (Phi) is 4.39. The minimum atomic E-state index is -0.534. The van der Waals surface area contributed by atoms with Crippen molar-refractivity contribution in [2.75, 3.05) is 18.6 Å². The van der Waals surface area contributed by atoms with Crippen LogP contribution in [0.1, 0.15) is 34.8 Å². The molecule has 1 aliphatic rings. The van der Waals surface area contributed by atoms with Gasteiger partial charge >= 0.3 is 0 Å². The number of aromatic nitrogens is 1. The topological polar surface area (TPSA) is 68.4 Å². The van der Waals surface area contributed by atoms with Gasteiger partial charge in [-0.3, -0.25) is 4.79 Å². The average Bonchev–Trinajstić information content (AvgIpc) is 3.03. The van der Waals surface area contributed by atoms with Gasteiger partial charge in [-0.25, -0.2) is 4.98 Å². The number of para-hydroxylation sites is 1. The Bertz CT molecular complexity index is 736. The van der Waals surface area contributed by atoms with Gasteiger partial charge in [0.1, 0.15) is 11.6 Å². The highest BCUT2D eigenvalue weighted by molar-refractivity contribution is 6.33. The minimum absolute atomic E-state index is 0.149. The number of benzene rings is 1. The molecule has 5 nitrogen and oxygen atoms in total. The molecule has 6 heteroatoms. The van der Waals surface area contributed by atoms with E-state index in [1.54, 1.807) is 13.2 Å². The van der Waals surface area contributed by atoms with Crippen molar-refractivity contribution in [2.45, 2.75) is 18.9 Å². The molecule has 1 saturated heterocycles. The van der Waals surface area contributed by atoms with Crippen molar-refractivity contribution in [1.82, 2.24) is 4.98 Å². The van der Waals surface area contributed by atoms with Crippen LogP contribution in [0.5, 0.6) is 5.75 Å². The van der Waals surface area contributed by atoms with Crippen LogP contribution in [0.15, 0.2) is 36.5 Å². The highest BCUT2D eigenvalue weighted by Crippen LogP contribution is 2.41. The number of hydrogen-bond acceptors (Lipinski definition) is 4. The zero-order chi connectivity index (χ0) is 16.4. The SMILES string of the molecule is COc1ccccc1C1CCCN1c1ncc(C(N)=O)cc1Cl. The van der Waals surface area contributed by atoms with Crippen LogP contribution in [0, 0.1) is 0 Å². The third kappa shape index (κ3) is 2.97. The monoisotopic (exact) mass is 331 g/mol. The van der Waals surface area contributed by atoms with E-state index in [0.29, 0.717) is 16.4 Å². The highest BCUT2D eigenvalue weighted by Gasteiger charge is 2.30. The van der Waals surface area contributed by atoms with Gasteiger partial charge in [-0.2, -0.15) is 0 Å². The van der Waals surface area contributed by atoms with E-state index in [0.717, 1.165) is 30.7 Å². The summed E-state index contributed by atoms with van der Waals surface area (Å²) >= 11 is 6.34. The number of halogens is 1. The second-order valence-corrected chi connectivity index (χ2v) is 5.89. The lowest BCUT2D eigenvalue weighted by atomic mass is 10.0. The van der Waals surface area contributed by atoms with Gasteiger partial charge in [-0.1, -0.05) is 29.8 Å². The molecule has 1 atom stereocenters. The largest absolute Gasteiger partial charge is 0.496 e. The lowest BCUT2D eigenvalue weighted by molar-refractivity contribution is 0.1000. The molecule has 1 aliphatic heterocycles. The molecule has 1 amide bonds. The predicted molar refractivity (Wildman–Crippen MR) is 90.1 cm³/mol. The van der Waals surface area contributed by atoms with Gasteiger partial charge in [0.05, 0.1) is 23.7 Å². The zero-order valence-electron chi connectivity index (χ0n) is 12.8. The first-order valence-electron chi connectivity index (χ1n) is 7.46. The summed E-state index contributed by atoms with van der Waals surface area (Å²) in [5.41, 5.74) is 6.70. The standard InChI is InChI=1S/C17H18ClN3O2/c1-23-15-7-3-2-5-12(15)14-6-4-8-21(14)17-13(18)9-11(10-20-17)16(19)22/h2-3,5,7,9-10,14H,4,6,8H2,1H3,(H2,19,22). The number of hydrogen-bond donors (Lipinski definition) is 1. The fourth-order valence-corrected chi connectivity index (χ4v) is 3.34. The summed E-state index contributed by atoms with van der Waals surface area (Å²) < 4.78 is 5.48. The molecule has 1 aromatic heterocycles. The minimum Gasteiger partial charge on any atom is -0.496 e. The van der Waals surface area contributed by atoms with Crippen molar-refractivity contribution in [1.29, 1.82) is 0 Å². The van der Waals surface area contributed by atoms with E-state index < -0.39 is 5.91 Å². The number of rotatable bonds is 4. The quantitative estimate of drug-likeness (QED) is 0.934. The smallest absolute Gasteiger partial charge is 0.250 e. The number of nitrogens with zero attached hydrogens (tertiary/aromatic N) is 2. The Morgan fingerprint density at radius 3 is 2.91 bits per heavy atom. The third-order valence-electron chi connectivity index (χ3n) is 4.13. The molecule has 2 N–H and O–H groups in total. The number of ether oxygens (including phenoxy) is 1. The number of carbonyl (C=O) groups excluding carboxylic acids is 1. The number of pyridine rings is 1. The lowest BCUT2D eigenvalue weighted by Gasteiger charge is -2.28. The maximum Gasteiger partial charge on any atom is 0.250 e. The molecule has 0 spiro atoms. The molecule has 2 aromatic rings. The van der Waals surface area contributed by atoms with Crippen LogP contribution in [-0.4, -0.2) is 24.5 Å². The fraction of sp³-hybridized carbons (Fsp3) is 0.294. The van der Waals surface area contributed by atoms with Crippen LogP contribution in [-0.2, 0) is 0 Å². The van der Waals surface area contributed by atoms with Gasteiger partial charge in [0, 0.05) is 18.3 Å². The molecular weight excluding hydrogens is 314 g/mol. The summed E-state index contributed by atoms with van der Waals surface area (Å²) in [6.45, 7) is 0.853. The molecule has 2 heterocycles. The maximum atomic E-state index is 11.2. The fourth-order valence-electron chi connectivity index (χ4n) is 3.06. The summed E-state index contributed by atoms with van der Waals surface area (Å²) in [6, 6.07) is 9.69. The van der Waals surface area contributed by atoms with Crippen molar-refractivity contribution in [3.8, 4) is 5.75 Å². The summed E-state index contributed by atoms with van der Waals surface area (Å²) in [7, 11) is 1.67. The first-order chi connectivity index (χ1) is 11.1. The molecule has 0 radical (unpaired) electrons. The Morgan fingerprint density at radius 2 is 2.22 bits per heavy atom. The molecular formula is C17H18ClN3O2. The van der Waals surface area contributed by atoms with E-state index in [-0.39, 0.29) is 6.04 Å². The Morgan fingerprint density at radius 1 is 1.43 bits per heavy atom. The Hall–Kier alpha value is -2.27. The van der Waals surface area contributed by atoms with Crippen LogP contribution in [0.3, 0.4) is 0 Å². The van der Waals surface area contributed by atoms with Crippen LogP contribution in [0.4, 0.5) is 5.82 Å². The Balaban J connectivity index is 1.97. The van der Waals surface area contributed by atoms with Gasteiger partial charge < -0.3 is 15.4 Å². The number of anilines is 1. The lowest BCUT2D eigenvalue weighted by Crippen LogP contribution is -2.24. The van der Waals surface area contributed by atoms with Gasteiger partial charge in [-0.15, -0.1) is 0 Å². The molecule has 23 heavy (non-hydrogen) atoms.